The smallest absolute Gasteiger partial charge is 0.326 e. The molecule has 1 rings (SSSR count). The van der Waals surface area contributed by atoms with Crippen LogP contribution in [-0.4, -0.2) is 32.9 Å². The monoisotopic (exact) mass is 254 g/mol. The van der Waals surface area contributed by atoms with Gasteiger partial charge in [-0.25, -0.2) is 9.59 Å². The van der Waals surface area contributed by atoms with Crippen molar-refractivity contribution in [3.05, 3.63) is 11.9 Å². The van der Waals surface area contributed by atoms with Crippen molar-refractivity contribution in [2.24, 2.45) is 7.05 Å². The van der Waals surface area contributed by atoms with E-state index in [1.165, 1.54) is 0 Å². The number of nitrogens with zero attached hydrogens (tertiary/aromatic N) is 2. The minimum Gasteiger partial charge on any atom is -0.480 e. The Hall–Kier alpha value is -2.05. The van der Waals surface area contributed by atoms with Crippen LogP contribution in [0.2, 0.25) is 0 Å². The van der Waals surface area contributed by atoms with Crippen LogP contribution in [0.4, 0.5) is 10.5 Å². The highest BCUT2D eigenvalue weighted by molar-refractivity contribution is 5.92. The van der Waals surface area contributed by atoms with Gasteiger partial charge < -0.3 is 15.7 Å². The lowest BCUT2D eigenvalue weighted by Gasteiger charge is -2.13. The Morgan fingerprint density at radius 3 is 2.67 bits per heavy atom. The molecule has 1 atom stereocenters. The molecule has 0 aliphatic rings. The van der Waals surface area contributed by atoms with Gasteiger partial charge in [-0.05, 0) is 13.3 Å². The Kier molecular flexibility index (Phi) is 4.70. The van der Waals surface area contributed by atoms with E-state index < -0.39 is 18.0 Å². The number of urea groups is 1. The van der Waals surface area contributed by atoms with Gasteiger partial charge in [0, 0.05) is 13.2 Å². The van der Waals surface area contributed by atoms with E-state index in [-0.39, 0.29) is 0 Å². The largest absolute Gasteiger partial charge is 0.480 e. The number of carboxylic acids is 1. The Balaban J connectivity index is 2.60. The minimum atomic E-state index is -1.03. The number of aliphatic carboxylic acids is 1. The van der Waals surface area contributed by atoms with Gasteiger partial charge in [-0.15, -0.1) is 0 Å². The Morgan fingerprint density at radius 2 is 2.22 bits per heavy atom. The van der Waals surface area contributed by atoms with Gasteiger partial charge in [0.1, 0.15) is 6.04 Å². The highest BCUT2D eigenvalue weighted by Gasteiger charge is 2.19. The lowest BCUT2D eigenvalue weighted by molar-refractivity contribution is -0.139. The lowest BCUT2D eigenvalue weighted by atomic mass is 10.2. The summed E-state index contributed by atoms with van der Waals surface area (Å²) in [5.74, 6) is -1.03. The van der Waals surface area contributed by atoms with Crippen molar-refractivity contribution in [1.82, 2.24) is 15.1 Å². The molecule has 7 nitrogen and oxygen atoms in total. The summed E-state index contributed by atoms with van der Waals surface area (Å²) < 4.78 is 1.58. The van der Waals surface area contributed by atoms with Gasteiger partial charge in [-0.1, -0.05) is 13.3 Å². The molecule has 0 fully saturated rings. The summed E-state index contributed by atoms with van der Waals surface area (Å²) in [6.07, 6.45) is 2.74. The fourth-order valence-corrected chi connectivity index (χ4v) is 1.59. The fourth-order valence-electron chi connectivity index (χ4n) is 1.59. The summed E-state index contributed by atoms with van der Waals surface area (Å²) >= 11 is 0. The maximum Gasteiger partial charge on any atom is 0.326 e. The standard InChI is InChI=1S/C11H18N4O3/c1-4-5-8(10(16)17)12-11(18)13-9-6-15(3)14-7(9)2/h6,8H,4-5H2,1-3H3,(H,16,17)(H2,12,13,18). The molecule has 1 unspecified atom stereocenters. The van der Waals surface area contributed by atoms with E-state index in [4.69, 9.17) is 5.11 Å². The van der Waals surface area contributed by atoms with E-state index in [1.54, 1.807) is 24.9 Å². The van der Waals surface area contributed by atoms with Crippen LogP contribution in [0.5, 0.6) is 0 Å². The highest BCUT2D eigenvalue weighted by atomic mass is 16.4. The molecule has 100 valence electrons. The Labute approximate surface area is 105 Å². The third-order valence-electron chi connectivity index (χ3n) is 2.44. The molecule has 0 aromatic carbocycles. The number of hydrogen-bond donors (Lipinski definition) is 3. The zero-order chi connectivity index (χ0) is 13.7. The van der Waals surface area contributed by atoms with Gasteiger partial charge in [0.25, 0.3) is 0 Å². The second-order valence-electron chi connectivity index (χ2n) is 4.08. The summed E-state index contributed by atoms with van der Waals surface area (Å²) in [4.78, 5) is 22.5. The number of carbonyl (C=O) groups is 2. The Bertz CT molecular complexity index is 441. The summed E-state index contributed by atoms with van der Waals surface area (Å²) in [6, 6.07) is -1.40. The van der Waals surface area contributed by atoms with Crippen molar-refractivity contribution in [3.63, 3.8) is 0 Å². The summed E-state index contributed by atoms with van der Waals surface area (Å²) in [7, 11) is 1.74. The van der Waals surface area contributed by atoms with E-state index in [9.17, 15) is 9.59 Å². The minimum absolute atomic E-state index is 0.398. The maximum absolute atomic E-state index is 11.6. The molecule has 0 spiro atoms. The second-order valence-corrected chi connectivity index (χ2v) is 4.08. The first-order chi connectivity index (χ1) is 8.43. The first kappa shape index (κ1) is 14.0. The molecule has 0 saturated carbocycles. The number of nitrogens with one attached hydrogen (secondary N) is 2. The molecule has 1 aromatic heterocycles. The number of aromatic nitrogens is 2. The van der Waals surface area contributed by atoms with Crippen LogP contribution in [-0.2, 0) is 11.8 Å². The lowest BCUT2D eigenvalue weighted by Crippen LogP contribution is -2.42. The van der Waals surface area contributed by atoms with Crippen molar-refractivity contribution in [2.75, 3.05) is 5.32 Å². The Morgan fingerprint density at radius 1 is 1.56 bits per heavy atom. The van der Waals surface area contributed by atoms with Crippen molar-refractivity contribution in [2.45, 2.75) is 32.7 Å². The molecule has 3 N–H and O–H groups in total. The summed E-state index contributed by atoms with van der Waals surface area (Å²) in [5, 5.41) is 18.0. The van der Waals surface area contributed by atoms with Gasteiger partial charge in [0.2, 0.25) is 0 Å². The normalized spacial score (nSPS) is 11.9. The molecule has 2 amide bonds. The SMILES string of the molecule is CCCC(NC(=O)Nc1cn(C)nc1C)C(=O)O. The average molecular weight is 254 g/mol. The van der Waals surface area contributed by atoms with Crippen molar-refractivity contribution < 1.29 is 14.7 Å². The topological polar surface area (TPSA) is 96.3 Å². The number of aryl methyl sites for hydroxylation is 2. The van der Waals surface area contributed by atoms with Crippen LogP contribution in [0.1, 0.15) is 25.5 Å². The number of hydrogen-bond acceptors (Lipinski definition) is 3. The second kappa shape index (κ2) is 6.04. The molecule has 0 aliphatic carbocycles. The van der Waals surface area contributed by atoms with Gasteiger partial charge >= 0.3 is 12.0 Å². The summed E-state index contributed by atoms with van der Waals surface area (Å²) in [5.41, 5.74) is 1.24. The molecule has 0 bridgehead atoms. The molecule has 0 saturated heterocycles. The number of anilines is 1. The van der Waals surface area contributed by atoms with Crippen molar-refractivity contribution >= 4 is 17.7 Å². The van der Waals surface area contributed by atoms with Crippen LogP contribution >= 0.6 is 0 Å². The van der Waals surface area contributed by atoms with Crippen LogP contribution in [0.25, 0.3) is 0 Å². The molecule has 18 heavy (non-hydrogen) atoms. The van der Waals surface area contributed by atoms with Crippen LogP contribution < -0.4 is 10.6 Å². The van der Waals surface area contributed by atoms with Gasteiger partial charge in [-0.2, -0.15) is 5.10 Å². The molecule has 0 aliphatic heterocycles. The average Bonchev–Trinajstić information content (AvgIpc) is 2.56. The molecule has 0 radical (unpaired) electrons. The third kappa shape index (κ3) is 3.76. The van der Waals surface area contributed by atoms with E-state index in [0.717, 1.165) is 0 Å². The van der Waals surface area contributed by atoms with Crippen molar-refractivity contribution in [3.8, 4) is 0 Å². The van der Waals surface area contributed by atoms with E-state index in [0.29, 0.717) is 24.2 Å². The molecule has 1 heterocycles. The predicted octanol–water partition coefficient (Wildman–Crippen LogP) is 1.10. The van der Waals surface area contributed by atoms with Gasteiger partial charge in [0.05, 0.1) is 11.4 Å². The highest BCUT2D eigenvalue weighted by Crippen LogP contribution is 2.11. The van der Waals surface area contributed by atoms with Crippen molar-refractivity contribution in [1.29, 1.82) is 0 Å². The quantitative estimate of drug-likeness (QED) is 0.733. The van der Waals surface area contributed by atoms with Gasteiger partial charge in [0.15, 0.2) is 0 Å². The maximum atomic E-state index is 11.6. The zero-order valence-corrected chi connectivity index (χ0v) is 10.7. The molecular formula is C11H18N4O3. The number of amides is 2. The van der Waals surface area contributed by atoms with E-state index >= 15 is 0 Å². The first-order valence-electron chi connectivity index (χ1n) is 5.74. The zero-order valence-electron chi connectivity index (χ0n) is 10.7. The predicted molar refractivity (Wildman–Crippen MR) is 66.4 cm³/mol. The van der Waals surface area contributed by atoms with Crippen LogP contribution in [0.15, 0.2) is 6.20 Å². The first-order valence-corrected chi connectivity index (χ1v) is 5.74. The fraction of sp³-hybridized carbons (Fsp3) is 0.545. The van der Waals surface area contributed by atoms with Crippen LogP contribution in [0.3, 0.4) is 0 Å². The summed E-state index contributed by atoms with van der Waals surface area (Å²) in [6.45, 7) is 3.62. The van der Waals surface area contributed by atoms with E-state index in [2.05, 4.69) is 15.7 Å². The van der Waals surface area contributed by atoms with E-state index in [1.807, 2.05) is 6.92 Å². The molecular weight excluding hydrogens is 236 g/mol. The van der Waals surface area contributed by atoms with Crippen LogP contribution in [0, 0.1) is 6.92 Å². The molecule has 1 aromatic rings. The number of carbonyl (C=O) groups excluding carboxylic acids is 1. The molecule has 7 heteroatoms. The number of carboxylic acid groups (broad SMARTS) is 1. The number of rotatable bonds is 5. The van der Waals surface area contributed by atoms with Gasteiger partial charge in [-0.3, -0.25) is 4.68 Å². The third-order valence-corrected chi connectivity index (χ3v) is 2.44.